The number of methoxy groups -OCH3 is 1. The number of nitrogens with zero attached hydrogens (tertiary/aromatic N) is 4. The first-order valence-electron chi connectivity index (χ1n) is 11.9. The first-order valence-corrected chi connectivity index (χ1v) is 11.9. The lowest BCUT2D eigenvalue weighted by atomic mass is 10.1. The van der Waals surface area contributed by atoms with E-state index in [1.165, 1.54) is 0 Å². The smallest absolute Gasteiger partial charge is 0.253 e. The Morgan fingerprint density at radius 3 is 2.29 bits per heavy atom. The van der Waals surface area contributed by atoms with Crippen molar-refractivity contribution in [2.45, 2.75) is 25.9 Å². The molecule has 2 amide bonds. The van der Waals surface area contributed by atoms with Crippen LogP contribution in [-0.4, -0.2) is 64.5 Å². The topological polar surface area (TPSA) is 76.9 Å². The molecule has 8 nitrogen and oxygen atoms in total. The van der Waals surface area contributed by atoms with Crippen molar-refractivity contribution < 1.29 is 19.1 Å². The summed E-state index contributed by atoms with van der Waals surface area (Å²) in [4.78, 5) is 33.8. The molecule has 1 saturated heterocycles. The summed E-state index contributed by atoms with van der Waals surface area (Å²) in [7, 11) is 3.56. The van der Waals surface area contributed by atoms with Gasteiger partial charge in [-0.3, -0.25) is 9.59 Å². The molecule has 35 heavy (non-hydrogen) atoms. The van der Waals surface area contributed by atoms with Crippen molar-refractivity contribution in [3.8, 4) is 11.5 Å². The zero-order chi connectivity index (χ0) is 24.6. The Bertz CT molecular complexity index is 1120. The highest BCUT2D eigenvalue weighted by Gasteiger charge is 2.22. The third-order valence-corrected chi connectivity index (χ3v) is 6.31. The molecule has 2 heterocycles. The quantitative estimate of drug-likeness (QED) is 0.499. The molecule has 1 aliphatic heterocycles. The van der Waals surface area contributed by atoms with E-state index in [0.29, 0.717) is 56.9 Å². The molecule has 0 spiro atoms. The van der Waals surface area contributed by atoms with E-state index in [1.807, 2.05) is 64.0 Å². The van der Waals surface area contributed by atoms with Crippen LogP contribution in [0.5, 0.6) is 11.5 Å². The molecule has 8 heteroatoms. The van der Waals surface area contributed by atoms with Gasteiger partial charge in [-0.1, -0.05) is 12.1 Å². The zero-order valence-electron chi connectivity index (χ0n) is 20.4. The number of aromatic nitrogens is 2. The standard InChI is InChI=1S/C27H32N4O4/c1-29-17-14-28-25(29)20-35-24-11-7-22(8-12-24)27(33)31-16-3-15-30(18-19-31)26(32)13-6-21-4-9-23(34-2)10-5-21/h4-5,7-12,14,17H,3,6,13,15-16,18-20H2,1-2H3. The van der Waals surface area contributed by atoms with Gasteiger partial charge < -0.3 is 23.8 Å². The predicted molar refractivity (Wildman–Crippen MR) is 132 cm³/mol. The van der Waals surface area contributed by atoms with Crippen LogP contribution in [0.2, 0.25) is 0 Å². The van der Waals surface area contributed by atoms with Crippen molar-refractivity contribution in [2.24, 2.45) is 7.05 Å². The second kappa shape index (κ2) is 11.6. The van der Waals surface area contributed by atoms with Crippen LogP contribution in [0.15, 0.2) is 60.9 Å². The van der Waals surface area contributed by atoms with Crippen LogP contribution in [0, 0.1) is 0 Å². The van der Waals surface area contributed by atoms with E-state index in [0.717, 1.165) is 23.6 Å². The number of aryl methyl sites for hydroxylation is 2. The number of ether oxygens (including phenoxy) is 2. The van der Waals surface area contributed by atoms with Gasteiger partial charge in [-0.25, -0.2) is 4.98 Å². The minimum absolute atomic E-state index is 0.0202. The van der Waals surface area contributed by atoms with Gasteiger partial charge in [-0.05, 0) is 54.8 Å². The summed E-state index contributed by atoms with van der Waals surface area (Å²) in [6.07, 6.45) is 5.52. The molecule has 0 radical (unpaired) electrons. The molecular weight excluding hydrogens is 444 g/mol. The van der Waals surface area contributed by atoms with Gasteiger partial charge in [0.15, 0.2) is 0 Å². The number of carbonyl (C=O) groups is 2. The van der Waals surface area contributed by atoms with Crippen LogP contribution in [0.25, 0.3) is 0 Å². The number of carbonyl (C=O) groups excluding carboxylic acids is 2. The Hall–Kier alpha value is -3.81. The summed E-state index contributed by atoms with van der Waals surface area (Å²) < 4.78 is 12.9. The van der Waals surface area contributed by atoms with Crippen LogP contribution in [0.3, 0.4) is 0 Å². The molecule has 1 fully saturated rings. The molecule has 1 aromatic heterocycles. The van der Waals surface area contributed by atoms with E-state index in [9.17, 15) is 9.59 Å². The van der Waals surface area contributed by atoms with Crippen LogP contribution >= 0.6 is 0 Å². The van der Waals surface area contributed by atoms with E-state index in [2.05, 4.69) is 4.98 Å². The fourth-order valence-electron chi connectivity index (χ4n) is 4.13. The molecule has 2 aromatic carbocycles. The highest BCUT2D eigenvalue weighted by Crippen LogP contribution is 2.17. The molecule has 0 bridgehead atoms. The van der Waals surface area contributed by atoms with E-state index in [-0.39, 0.29) is 11.8 Å². The second-order valence-electron chi connectivity index (χ2n) is 8.64. The summed E-state index contributed by atoms with van der Waals surface area (Å²) in [5, 5.41) is 0. The average Bonchev–Trinajstić information content (AvgIpc) is 3.14. The van der Waals surface area contributed by atoms with E-state index < -0.39 is 0 Å². The lowest BCUT2D eigenvalue weighted by Gasteiger charge is -2.22. The minimum atomic E-state index is -0.0202. The summed E-state index contributed by atoms with van der Waals surface area (Å²) >= 11 is 0. The second-order valence-corrected chi connectivity index (χ2v) is 8.64. The van der Waals surface area contributed by atoms with Gasteiger partial charge >= 0.3 is 0 Å². The monoisotopic (exact) mass is 476 g/mol. The van der Waals surface area contributed by atoms with Crippen LogP contribution < -0.4 is 9.47 Å². The largest absolute Gasteiger partial charge is 0.497 e. The molecule has 0 atom stereocenters. The maximum atomic E-state index is 13.1. The summed E-state index contributed by atoms with van der Waals surface area (Å²) in [5.41, 5.74) is 1.73. The summed E-state index contributed by atoms with van der Waals surface area (Å²) in [6.45, 7) is 2.76. The molecule has 0 saturated carbocycles. The Labute approximate surface area is 206 Å². The Morgan fingerprint density at radius 2 is 1.60 bits per heavy atom. The van der Waals surface area contributed by atoms with Crippen molar-refractivity contribution in [1.29, 1.82) is 0 Å². The number of amides is 2. The van der Waals surface area contributed by atoms with Gasteiger partial charge in [0.05, 0.1) is 7.11 Å². The minimum Gasteiger partial charge on any atom is -0.497 e. The molecule has 4 rings (SSSR count). The third-order valence-electron chi connectivity index (χ3n) is 6.31. The first kappa shape index (κ1) is 24.3. The third kappa shape index (κ3) is 6.41. The number of hydrogen-bond donors (Lipinski definition) is 0. The zero-order valence-corrected chi connectivity index (χ0v) is 20.4. The van der Waals surface area contributed by atoms with Gasteiger partial charge in [-0.15, -0.1) is 0 Å². The predicted octanol–water partition coefficient (Wildman–Crippen LogP) is 3.32. The molecule has 184 valence electrons. The van der Waals surface area contributed by atoms with Gasteiger partial charge in [0.1, 0.15) is 23.9 Å². The number of rotatable bonds is 8. The van der Waals surface area contributed by atoms with Crippen LogP contribution in [0.4, 0.5) is 0 Å². The van der Waals surface area contributed by atoms with Gasteiger partial charge in [-0.2, -0.15) is 0 Å². The average molecular weight is 477 g/mol. The van der Waals surface area contributed by atoms with Crippen molar-refractivity contribution in [2.75, 3.05) is 33.3 Å². The Morgan fingerprint density at radius 1 is 0.914 bits per heavy atom. The molecule has 0 unspecified atom stereocenters. The first-order chi connectivity index (χ1) is 17.0. The van der Waals surface area contributed by atoms with Crippen molar-refractivity contribution >= 4 is 11.8 Å². The van der Waals surface area contributed by atoms with E-state index >= 15 is 0 Å². The van der Waals surface area contributed by atoms with E-state index in [4.69, 9.17) is 9.47 Å². The lowest BCUT2D eigenvalue weighted by molar-refractivity contribution is -0.131. The normalized spacial score (nSPS) is 13.9. The fraction of sp³-hybridized carbons (Fsp3) is 0.370. The SMILES string of the molecule is COc1ccc(CCC(=O)N2CCCN(C(=O)c3ccc(OCc4nccn4C)cc3)CC2)cc1. The maximum absolute atomic E-state index is 13.1. The van der Waals surface area contributed by atoms with Gasteiger partial charge in [0, 0.05) is 57.6 Å². The van der Waals surface area contributed by atoms with Gasteiger partial charge in [0.2, 0.25) is 5.91 Å². The number of imidazole rings is 1. The lowest BCUT2D eigenvalue weighted by Crippen LogP contribution is -2.37. The summed E-state index contributed by atoms with van der Waals surface area (Å²) in [5.74, 6) is 2.44. The van der Waals surface area contributed by atoms with Crippen LogP contribution in [0.1, 0.15) is 34.6 Å². The summed E-state index contributed by atoms with van der Waals surface area (Å²) in [6, 6.07) is 15.0. The van der Waals surface area contributed by atoms with Crippen molar-refractivity contribution in [3.05, 3.63) is 77.9 Å². The van der Waals surface area contributed by atoms with Crippen LogP contribution in [-0.2, 0) is 24.9 Å². The Kier molecular flexibility index (Phi) is 8.03. The fourth-order valence-corrected chi connectivity index (χ4v) is 4.13. The van der Waals surface area contributed by atoms with E-state index in [1.54, 1.807) is 25.4 Å². The number of benzene rings is 2. The van der Waals surface area contributed by atoms with Gasteiger partial charge in [0.25, 0.3) is 5.91 Å². The maximum Gasteiger partial charge on any atom is 0.253 e. The number of hydrogen-bond acceptors (Lipinski definition) is 5. The van der Waals surface area contributed by atoms with Crippen molar-refractivity contribution in [1.82, 2.24) is 19.4 Å². The molecule has 1 aliphatic rings. The molecule has 0 aliphatic carbocycles. The van der Waals surface area contributed by atoms with Crippen molar-refractivity contribution in [3.63, 3.8) is 0 Å². The molecule has 0 N–H and O–H groups in total. The highest BCUT2D eigenvalue weighted by atomic mass is 16.5. The molecule has 3 aromatic rings. The molecular formula is C27H32N4O4. The highest BCUT2D eigenvalue weighted by molar-refractivity contribution is 5.94. The Balaban J connectivity index is 1.25.